The van der Waals surface area contributed by atoms with Crippen molar-refractivity contribution in [3.8, 4) is 0 Å². The average molecular weight is 338 g/mol. The molecule has 0 spiro atoms. The number of piperazine rings is 1. The number of hydrogen-bond donors (Lipinski definition) is 1. The summed E-state index contributed by atoms with van der Waals surface area (Å²) < 4.78 is 0. The zero-order valence-electron chi connectivity index (χ0n) is 16.0. The molecule has 0 radical (unpaired) electrons. The summed E-state index contributed by atoms with van der Waals surface area (Å²) in [4.78, 5) is 4.86. The molecule has 3 rings (SSSR count). The van der Waals surface area contributed by atoms with Gasteiger partial charge in [0.15, 0.2) is 0 Å². The minimum Gasteiger partial charge on any atom is -0.381 e. The van der Waals surface area contributed by atoms with Crippen molar-refractivity contribution in [3.63, 3.8) is 0 Å². The Morgan fingerprint density at radius 1 is 0.920 bits per heavy atom. The third-order valence-electron chi connectivity index (χ3n) is 5.03. The monoisotopic (exact) mass is 337 g/mol. The standard InChI is InChI=1S/C22H31N3/c1-22(2,3)19-10-8-18(9-11-19)17-23-20-6-5-7-21(16-20)25-14-12-24(4)13-15-25/h5-11,16,23H,12-15,17H2,1-4H3. The summed E-state index contributed by atoms with van der Waals surface area (Å²) in [5.74, 6) is 0. The van der Waals surface area contributed by atoms with Crippen molar-refractivity contribution in [2.24, 2.45) is 0 Å². The number of anilines is 2. The number of likely N-dealkylation sites (N-methyl/N-ethyl adjacent to an activating group) is 1. The predicted molar refractivity (Wildman–Crippen MR) is 109 cm³/mol. The van der Waals surface area contributed by atoms with E-state index in [-0.39, 0.29) is 5.41 Å². The smallest absolute Gasteiger partial charge is 0.0400 e. The van der Waals surface area contributed by atoms with Gasteiger partial charge in [-0.3, -0.25) is 0 Å². The Hall–Kier alpha value is -2.00. The number of rotatable bonds is 4. The van der Waals surface area contributed by atoms with Crippen LogP contribution in [0.25, 0.3) is 0 Å². The fraction of sp³-hybridized carbons (Fsp3) is 0.455. The molecular formula is C22H31N3. The third kappa shape index (κ3) is 4.76. The highest BCUT2D eigenvalue weighted by Gasteiger charge is 2.14. The van der Waals surface area contributed by atoms with Crippen LogP contribution in [-0.2, 0) is 12.0 Å². The molecule has 0 atom stereocenters. The Labute approximate surface area is 152 Å². The van der Waals surface area contributed by atoms with Gasteiger partial charge in [-0.05, 0) is 41.8 Å². The van der Waals surface area contributed by atoms with Crippen LogP contribution < -0.4 is 10.2 Å². The van der Waals surface area contributed by atoms with Crippen LogP contribution in [0.1, 0.15) is 31.9 Å². The Morgan fingerprint density at radius 3 is 2.24 bits per heavy atom. The van der Waals surface area contributed by atoms with Gasteiger partial charge in [0.2, 0.25) is 0 Å². The average Bonchev–Trinajstić information content (AvgIpc) is 2.60. The maximum absolute atomic E-state index is 3.57. The van der Waals surface area contributed by atoms with Crippen LogP contribution in [0.3, 0.4) is 0 Å². The molecule has 0 bridgehead atoms. The van der Waals surface area contributed by atoms with Crippen LogP contribution in [0.4, 0.5) is 11.4 Å². The van der Waals surface area contributed by atoms with Crippen molar-refractivity contribution in [2.75, 3.05) is 43.4 Å². The fourth-order valence-electron chi connectivity index (χ4n) is 3.20. The summed E-state index contributed by atoms with van der Waals surface area (Å²) in [5.41, 5.74) is 5.42. The van der Waals surface area contributed by atoms with Crippen molar-refractivity contribution >= 4 is 11.4 Å². The first-order chi connectivity index (χ1) is 11.9. The molecule has 134 valence electrons. The molecule has 0 aliphatic carbocycles. The normalized spacial score (nSPS) is 16.1. The van der Waals surface area contributed by atoms with Gasteiger partial charge in [0, 0.05) is 44.1 Å². The molecule has 2 aromatic rings. The minimum absolute atomic E-state index is 0.211. The van der Waals surface area contributed by atoms with Gasteiger partial charge in [-0.2, -0.15) is 0 Å². The van der Waals surface area contributed by atoms with E-state index in [9.17, 15) is 0 Å². The molecule has 1 aliphatic heterocycles. The Morgan fingerprint density at radius 2 is 1.60 bits per heavy atom. The molecule has 2 aromatic carbocycles. The predicted octanol–water partition coefficient (Wildman–Crippen LogP) is 4.35. The van der Waals surface area contributed by atoms with Crippen LogP contribution in [0, 0.1) is 0 Å². The van der Waals surface area contributed by atoms with Crippen molar-refractivity contribution in [1.29, 1.82) is 0 Å². The molecule has 1 aliphatic rings. The van der Waals surface area contributed by atoms with Crippen LogP contribution >= 0.6 is 0 Å². The first-order valence-electron chi connectivity index (χ1n) is 9.29. The lowest BCUT2D eigenvalue weighted by atomic mass is 9.87. The van der Waals surface area contributed by atoms with Gasteiger partial charge in [0.25, 0.3) is 0 Å². The maximum Gasteiger partial charge on any atom is 0.0400 e. The highest BCUT2D eigenvalue weighted by Crippen LogP contribution is 2.23. The molecule has 0 amide bonds. The maximum atomic E-state index is 3.57. The lowest BCUT2D eigenvalue weighted by molar-refractivity contribution is 0.313. The van der Waals surface area contributed by atoms with E-state index in [1.807, 2.05) is 0 Å². The van der Waals surface area contributed by atoms with Crippen molar-refractivity contribution < 1.29 is 0 Å². The summed E-state index contributed by atoms with van der Waals surface area (Å²) in [5, 5.41) is 3.57. The van der Waals surface area contributed by atoms with E-state index in [0.717, 1.165) is 32.7 Å². The second kappa shape index (κ2) is 7.49. The van der Waals surface area contributed by atoms with Crippen molar-refractivity contribution in [2.45, 2.75) is 32.7 Å². The molecular weight excluding hydrogens is 306 g/mol. The molecule has 0 unspecified atom stereocenters. The highest BCUT2D eigenvalue weighted by molar-refractivity contribution is 5.58. The van der Waals surface area contributed by atoms with E-state index in [4.69, 9.17) is 0 Å². The topological polar surface area (TPSA) is 18.5 Å². The van der Waals surface area contributed by atoms with E-state index in [0.29, 0.717) is 0 Å². The first-order valence-corrected chi connectivity index (χ1v) is 9.29. The molecule has 1 N–H and O–H groups in total. The van der Waals surface area contributed by atoms with Crippen LogP contribution in [0.2, 0.25) is 0 Å². The number of hydrogen-bond acceptors (Lipinski definition) is 3. The third-order valence-corrected chi connectivity index (χ3v) is 5.03. The van der Waals surface area contributed by atoms with E-state index in [2.05, 4.69) is 91.5 Å². The molecule has 0 saturated carbocycles. The van der Waals surface area contributed by atoms with Crippen LogP contribution in [-0.4, -0.2) is 38.1 Å². The van der Waals surface area contributed by atoms with E-state index < -0.39 is 0 Å². The largest absolute Gasteiger partial charge is 0.381 e. The second-order valence-corrected chi connectivity index (χ2v) is 8.14. The lowest BCUT2D eigenvalue weighted by Gasteiger charge is -2.34. The van der Waals surface area contributed by atoms with Gasteiger partial charge in [0.1, 0.15) is 0 Å². The molecule has 0 aromatic heterocycles. The molecule has 3 nitrogen and oxygen atoms in total. The molecule has 1 saturated heterocycles. The van der Waals surface area contributed by atoms with Gasteiger partial charge in [-0.15, -0.1) is 0 Å². The Bertz CT molecular complexity index is 677. The van der Waals surface area contributed by atoms with Gasteiger partial charge < -0.3 is 15.1 Å². The Kier molecular flexibility index (Phi) is 5.33. The number of nitrogens with one attached hydrogen (secondary N) is 1. The zero-order valence-corrected chi connectivity index (χ0v) is 16.0. The van der Waals surface area contributed by atoms with E-state index >= 15 is 0 Å². The quantitative estimate of drug-likeness (QED) is 0.895. The summed E-state index contributed by atoms with van der Waals surface area (Å²) in [6.07, 6.45) is 0. The summed E-state index contributed by atoms with van der Waals surface area (Å²) >= 11 is 0. The number of benzene rings is 2. The van der Waals surface area contributed by atoms with Crippen molar-refractivity contribution in [3.05, 3.63) is 59.7 Å². The molecule has 25 heavy (non-hydrogen) atoms. The summed E-state index contributed by atoms with van der Waals surface area (Å²) in [7, 11) is 2.19. The molecule has 3 heteroatoms. The zero-order chi connectivity index (χ0) is 17.9. The fourth-order valence-corrected chi connectivity index (χ4v) is 3.20. The molecule has 1 heterocycles. The van der Waals surface area contributed by atoms with Crippen molar-refractivity contribution in [1.82, 2.24) is 4.90 Å². The van der Waals surface area contributed by atoms with Gasteiger partial charge >= 0.3 is 0 Å². The first kappa shape index (κ1) is 17.8. The Balaban J connectivity index is 1.61. The second-order valence-electron chi connectivity index (χ2n) is 8.14. The SMILES string of the molecule is CN1CCN(c2cccc(NCc3ccc(C(C)(C)C)cc3)c2)CC1. The summed E-state index contributed by atoms with van der Waals surface area (Å²) in [6, 6.07) is 17.8. The lowest BCUT2D eigenvalue weighted by Crippen LogP contribution is -2.44. The number of nitrogens with zero attached hydrogens (tertiary/aromatic N) is 2. The highest BCUT2D eigenvalue weighted by atomic mass is 15.2. The van der Waals surface area contributed by atoms with E-state index in [1.165, 1.54) is 22.5 Å². The van der Waals surface area contributed by atoms with Crippen LogP contribution in [0.15, 0.2) is 48.5 Å². The van der Waals surface area contributed by atoms with Crippen LogP contribution in [0.5, 0.6) is 0 Å². The molecule has 1 fully saturated rings. The summed E-state index contributed by atoms with van der Waals surface area (Å²) in [6.45, 7) is 12.1. The van der Waals surface area contributed by atoms with E-state index in [1.54, 1.807) is 0 Å². The van der Waals surface area contributed by atoms with Gasteiger partial charge in [0.05, 0.1) is 0 Å². The minimum atomic E-state index is 0.211. The van der Waals surface area contributed by atoms with Gasteiger partial charge in [-0.25, -0.2) is 0 Å². The van der Waals surface area contributed by atoms with Gasteiger partial charge in [-0.1, -0.05) is 51.1 Å².